The van der Waals surface area contributed by atoms with Crippen molar-refractivity contribution in [2.24, 2.45) is 0 Å². The number of carboxylic acids is 1. The van der Waals surface area contributed by atoms with Crippen LogP contribution < -0.4 is 0 Å². The molecular formula is C7H3F3N2O4. The zero-order valence-electron chi connectivity index (χ0n) is 7.35. The van der Waals surface area contributed by atoms with Crippen molar-refractivity contribution in [3.05, 3.63) is 33.5 Å². The van der Waals surface area contributed by atoms with E-state index in [2.05, 4.69) is 4.98 Å². The molecule has 0 aliphatic carbocycles. The molecule has 1 aromatic heterocycles. The van der Waals surface area contributed by atoms with Gasteiger partial charge >= 0.3 is 18.0 Å². The molecule has 6 nitrogen and oxygen atoms in total. The number of aromatic nitrogens is 1. The summed E-state index contributed by atoms with van der Waals surface area (Å²) in [6.45, 7) is 0. The van der Waals surface area contributed by atoms with Gasteiger partial charge in [0, 0.05) is 12.1 Å². The molecule has 0 atom stereocenters. The van der Waals surface area contributed by atoms with E-state index in [0.717, 1.165) is 0 Å². The first-order chi connectivity index (χ1) is 7.21. The minimum absolute atomic E-state index is 0.173. The molecule has 9 heteroatoms. The number of nitrogens with zero attached hydrogens (tertiary/aromatic N) is 2. The average molecular weight is 236 g/mol. The molecular weight excluding hydrogens is 233 g/mol. The quantitative estimate of drug-likeness (QED) is 0.623. The lowest BCUT2D eigenvalue weighted by Gasteiger charge is -2.05. The SMILES string of the molecule is O=C(O)c1cc(C(F)(F)F)cc([N+](=O)[O-])n1. The van der Waals surface area contributed by atoms with Crippen molar-refractivity contribution in [2.75, 3.05) is 0 Å². The zero-order valence-corrected chi connectivity index (χ0v) is 7.35. The Bertz CT molecular complexity index is 425. The summed E-state index contributed by atoms with van der Waals surface area (Å²) in [6, 6.07) is 0.405. The highest BCUT2D eigenvalue weighted by Gasteiger charge is 2.35. The monoisotopic (exact) mass is 236 g/mol. The summed E-state index contributed by atoms with van der Waals surface area (Å²) in [4.78, 5) is 22.4. The van der Waals surface area contributed by atoms with Gasteiger partial charge in [0.25, 0.3) is 5.69 Å². The lowest BCUT2D eigenvalue weighted by molar-refractivity contribution is -0.389. The predicted octanol–water partition coefficient (Wildman–Crippen LogP) is 1.71. The Balaban J connectivity index is 3.42. The Kier molecular flexibility index (Phi) is 2.79. The molecule has 1 N–H and O–H groups in total. The number of pyridine rings is 1. The number of carbonyl (C=O) groups is 1. The number of nitro groups is 1. The average Bonchev–Trinajstić information content (AvgIpc) is 2.15. The van der Waals surface area contributed by atoms with Gasteiger partial charge in [0.05, 0.1) is 5.56 Å². The van der Waals surface area contributed by atoms with Crippen molar-refractivity contribution < 1.29 is 28.0 Å². The summed E-state index contributed by atoms with van der Waals surface area (Å²) >= 11 is 0. The van der Waals surface area contributed by atoms with Gasteiger partial charge in [-0.3, -0.25) is 0 Å². The highest BCUT2D eigenvalue weighted by Crippen LogP contribution is 2.31. The van der Waals surface area contributed by atoms with Crippen LogP contribution in [0.15, 0.2) is 12.1 Å². The van der Waals surface area contributed by atoms with Crippen LogP contribution in [0.2, 0.25) is 0 Å². The van der Waals surface area contributed by atoms with Crippen LogP contribution in [0.1, 0.15) is 16.1 Å². The molecule has 0 spiro atoms. The number of aromatic carboxylic acids is 1. The summed E-state index contributed by atoms with van der Waals surface area (Å²) in [7, 11) is 0. The van der Waals surface area contributed by atoms with E-state index in [4.69, 9.17) is 5.11 Å². The van der Waals surface area contributed by atoms with E-state index in [0.29, 0.717) is 0 Å². The normalized spacial score (nSPS) is 11.2. The third-order valence-electron chi connectivity index (χ3n) is 1.55. The molecule has 1 aromatic rings. The molecule has 0 saturated carbocycles. The molecule has 1 rings (SSSR count). The fourth-order valence-electron chi connectivity index (χ4n) is 0.883. The molecule has 1 heterocycles. The van der Waals surface area contributed by atoms with Crippen molar-refractivity contribution >= 4 is 11.8 Å². The van der Waals surface area contributed by atoms with Gasteiger partial charge in [-0.2, -0.15) is 13.2 Å². The van der Waals surface area contributed by atoms with Crippen molar-refractivity contribution in [1.29, 1.82) is 0 Å². The fraction of sp³-hybridized carbons (Fsp3) is 0.143. The fourth-order valence-corrected chi connectivity index (χ4v) is 0.883. The van der Waals surface area contributed by atoms with E-state index in [1.165, 1.54) is 0 Å². The van der Waals surface area contributed by atoms with Crippen LogP contribution >= 0.6 is 0 Å². The van der Waals surface area contributed by atoms with Gasteiger partial charge in [0.1, 0.15) is 0 Å². The Hall–Kier alpha value is -2.19. The molecule has 16 heavy (non-hydrogen) atoms. The Labute approximate surface area is 85.5 Å². The second-order valence-electron chi connectivity index (χ2n) is 2.66. The van der Waals surface area contributed by atoms with Crippen LogP contribution in [0, 0.1) is 10.1 Å². The van der Waals surface area contributed by atoms with Gasteiger partial charge in [-0.1, -0.05) is 0 Å². The summed E-state index contributed by atoms with van der Waals surface area (Å²) in [6.07, 6.45) is -4.86. The maximum atomic E-state index is 12.2. The van der Waals surface area contributed by atoms with Gasteiger partial charge in [-0.05, 0) is 9.91 Å². The minimum Gasteiger partial charge on any atom is -0.475 e. The maximum absolute atomic E-state index is 12.2. The number of alkyl halides is 3. The Morgan fingerprint density at radius 3 is 2.38 bits per heavy atom. The molecule has 0 aromatic carbocycles. The van der Waals surface area contributed by atoms with E-state index in [-0.39, 0.29) is 12.1 Å². The van der Waals surface area contributed by atoms with E-state index in [1.54, 1.807) is 0 Å². The molecule has 86 valence electrons. The first-order valence-electron chi connectivity index (χ1n) is 3.69. The Morgan fingerprint density at radius 1 is 1.44 bits per heavy atom. The van der Waals surface area contributed by atoms with Crippen LogP contribution in [-0.2, 0) is 6.18 Å². The number of halogens is 3. The largest absolute Gasteiger partial charge is 0.475 e. The van der Waals surface area contributed by atoms with Crippen LogP contribution in [-0.4, -0.2) is 21.0 Å². The number of hydrogen-bond acceptors (Lipinski definition) is 4. The molecule has 0 radical (unpaired) electrons. The maximum Gasteiger partial charge on any atom is 0.416 e. The molecule has 0 bridgehead atoms. The summed E-state index contributed by atoms with van der Waals surface area (Å²) in [5, 5.41) is 18.7. The molecule has 0 fully saturated rings. The number of carboxylic acid groups (broad SMARTS) is 1. The lowest BCUT2D eigenvalue weighted by Crippen LogP contribution is -2.11. The Morgan fingerprint density at radius 2 is 2.00 bits per heavy atom. The number of hydrogen-bond donors (Lipinski definition) is 1. The van der Waals surface area contributed by atoms with E-state index in [1.807, 2.05) is 0 Å². The highest BCUT2D eigenvalue weighted by atomic mass is 19.4. The highest BCUT2D eigenvalue weighted by molar-refractivity contribution is 5.85. The van der Waals surface area contributed by atoms with E-state index in [9.17, 15) is 28.1 Å². The predicted molar refractivity (Wildman–Crippen MR) is 42.9 cm³/mol. The standard InChI is InChI=1S/C7H3F3N2O4/c8-7(9,10)3-1-4(6(13)14)11-5(2-3)12(15)16/h1-2H,(H,13,14). The van der Waals surface area contributed by atoms with Gasteiger partial charge in [0.2, 0.25) is 0 Å². The molecule has 0 saturated heterocycles. The topological polar surface area (TPSA) is 93.3 Å². The van der Waals surface area contributed by atoms with Crippen LogP contribution in [0.3, 0.4) is 0 Å². The summed E-state index contributed by atoms with van der Waals surface area (Å²) < 4.78 is 36.7. The van der Waals surface area contributed by atoms with E-state index < -0.39 is 34.1 Å². The first-order valence-corrected chi connectivity index (χ1v) is 3.69. The third-order valence-corrected chi connectivity index (χ3v) is 1.55. The second-order valence-corrected chi connectivity index (χ2v) is 2.66. The zero-order chi connectivity index (χ0) is 12.5. The second kappa shape index (κ2) is 3.76. The lowest BCUT2D eigenvalue weighted by atomic mass is 10.2. The molecule has 0 unspecified atom stereocenters. The number of rotatable bonds is 2. The first kappa shape index (κ1) is 11.9. The van der Waals surface area contributed by atoms with Crippen molar-refractivity contribution in [3.8, 4) is 0 Å². The minimum atomic E-state index is -4.86. The third kappa shape index (κ3) is 2.43. The summed E-state index contributed by atoms with van der Waals surface area (Å²) in [5.41, 5.74) is -2.45. The summed E-state index contributed by atoms with van der Waals surface area (Å²) in [5.74, 6) is -2.93. The van der Waals surface area contributed by atoms with Gasteiger partial charge < -0.3 is 15.2 Å². The smallest absolute Gasteiger partial charge is 0.416 e. The molecule has 0 amide bonds. The molecule has 0 aliphatic rings. The van der Waals surface area contributed by atoms with Crippen molar-refractivity contribution in [2.45, 2.75) is 6.18 Å². The van der Waals surface area contributed by atoms with Crippen molar-refractivity contribution in [3.63, 3.8) is 0 Å². The van der Waals surface area contributed by atoms with Crippen LogP contribution in [0.5, 0.6) is 0 Å². The van der Waals surface area contributed by atoms with Gasteiger partial charge in [0.15, 0.2) is 0 Å². The van der Waals surface area contributed by atoms with Crippen LogP contribution in [0.4, 0.5) is 19.0 Å². The van der Waals surface area contributed by atoms with Crippen molar-refractivity contribution in [1.82, 2.24) is 4.98 Å². The molecule has 0 aliphatic heterocycles. The van der Waals surface area contributed by atoms with E-state index >= 15 is 0 Å². The van der Waals surface area contributed by atoms with Gasteiger partial charge in [-0.25, -0.2) is 4.79 Å². The van der Waals surface area contributed by atoms with Gasteiger partial charge in [-0.15, -0.1) is 0 Å². The van der Waals surface area contributed by atoms with Crippen LogP contribution in [0.25, 0.3) is 0 Å².